The van der Waals surface area contributed by atoms with E-state index in [0.29, 0.717) is 22.4 Å². The Labute approximate surface area is 121 Å². The first-order valence-electron chi connectivity index (χ1n) is 6.65. The number of ether oxygens (including phenoxy) is 1. The molecule has 0 aliphatic rings. The number of hydrogen-bond donors (Lipinski definition) is 1. The molecule has 1 aromatic heterocycles. The van der Waals surface area contributed by atoms with Crippen LogP contribution in [-0.4, -0.2) is 17.6 Å². The lowest BCUT2D eigenvalue weighted by molar-refractivity contribution is 0.0524. The fourth-order valence-corrected chi connectivity index (χ4v) is 2.08. The van der Waals surface area contributed by atoms with E-state index >= 15 is 0 Å². The molecule has 5 heteroatoms. The van der Waals surface area contributed by atoms with Gasteiger partial charge in [0.15, 0.2) is 0 Å². The zero-order chi connectivity index (χ0) is 15.4. The lowest BCUT2D eigenvalue weighted by Gasteiger charge is -2.08. The van der Waals surface area contributed by atoms with Gasteiger partial charge in [0.05, 0.1) is 12.2 Å². The van der Waals surface area contributed by atoms with E-state index in [4.69, 9.17) is 4.74 Å². The number of esters is 1. The summed E-state index contributed by atoms with van der Waals surface area (Å²) < 4.78 is 18.1. The average Bonchev–Trinajstić information content (AvgIpc) is 2.42. The molecule has 0 radical (unpaired) electrons. The summed E-state index contributed by atoms with van der Waals surface area (Å²) in [6, 6.07) is 7.53. The van der Waals surface area contributed by atoms with Crippen molar-refractivity contribution < 1.29 is 13.9 Å². The molecular formula is C16H16FNO3. The van der Waals surface area contributed by atoms with Crippen molar-refractivity contribution in [3.05, 3.63) is 68.9 Å². The van der Waals surface area contributed by atoms with Crippen molar-refractivity contribution in [3.8, 4) is 0 Å². The molecule has 0 spiro atoms. The number of aromatic nitrogens is 1. The van der Waals surface area contributed by atoms with E-state index in [9.17, 15) is 14.0 Å². The summed E-state index contributed by atoms with van der Waals surface area (Å²) in [7, 11) is 0. The third-order valence-corrected chi connectivity index (χ3v) is 3.09. The summed E-state index contributed by atoms with van der Waals surface area (Å²) in [5.41, 5.74) is 1.56. The van der Waals surface area contributed by atoms with Gasteiger partial charge in [0.1, 0.15) is 5.82 Å². The summed E-state index contributed by atoms with van der Waals surface area (Å²) in [5, 5.41) is 0. The number of aryl methyl sites for hydroxylation is 1. The molecule has 1 heterocycles. The molecule has 0 aliphatic carbocycles. The maximum absolute atomic E-state index is 13.2. The van der Waals surface area contributed by atoms with Crippen LogP contribution in [0.25, 0.3) is 0 Å². The van der Waals surface area contributed by atoms with E-state index in [1.54, 1.807) is 26.0 Å². The van der Waals surface area contributed by atoms with Crippen LogP contribution in [0.4, 0.5) is 4.39 Å². The number of carbonyl (C=O) groups excluding carboxylic acids is 1. The molecule has 1 aromatic carbocycles. The van der Waals surface area contributed by atoms with Crippen LogP contribution < -0.4 is 5.56 Å². The Bertz CT molecular complexity index is 722. The van der Waals surface area contributed by atoms with Crippen LogP contribution in [0.5, 0.6) is 0 Å². The van der Waals surface area contributed by atoms with Crippen molar-refractivity contribution in [2.45, 2.75) is 20.3 Å². The molecule has 110 valence electrons. The second-order valence-electron chi connectivity index (χ2n) is 4.69. The second-order valence-corrected chi connectivity index (χ2v) is 4.69. The number of H-pyrrole nitrogens is 1. The molecule has 2 aromatic rings. The number of pyridine rings is 1. The van der Waals surface area contributed by atoms with Crippen molar-refractivity contribution in [1.29, 1.82) is 0 Å². The fraction of sp³-hybridized carbons (Fsp3) is 0.250. The molecule has 0 amide bonds. The predicted octanol–water partition coefficient (Wildman–Crippen LogP) is 2.59. The smallest absolute Gasteiger partial charge is 0.339 e. The molecule has 0 aliphatic heterocycles. The van der Waals surface area contributed by atoms with E-state index in [2.05, 4.69) is 4.98 Å². The van der Waals surface area contributed by atoms with Crippen LogP contribution in [0.15, 0.2) is 35.1 Å². The van der Waals surface area contributed by atoms with Crippen molar-refractivity contribution in [2.75, 3.05) is 6.61 Å². The highest BCUT2D eigenvalue weighted by Gasteiger charge is 2.14. The predicted molar refractivity (Wildman–Crippen MR) is 77.0 cm³/mol. The van der Waals surface area contributed by atoms with Gasteiger partial charge in [-0.1, -0.05) is 12.1 Å². The first-order chi connectivity index (χ1) is 10.0. The van der Waals surface area contributed by atoms with Gasteiger partial charge in [0, 0.05) is 17.7 Å². The highest BCUT2D eigenvalue weighted by molar-refractivity contribution is 5.90. The van der Waals surface area contributed by atoms with Gasteiger partial charge in [-0.2, -0.15) is 0 Å². The van der Waals surface area contributed by atoms with E-state index < -0.39 is 5.97 Å². The van der Waals surface area contributed by atoms with E-state index in [1.807, 2.05) is 0 Å². The molecule has 0 saturated heterocycles. The zero-order valence-electron chi connectivity index (χ0n) is 11.9. The summed E-state index contributed by atoms with van der Waals surface area (Å²) in [6.07, 6.45) is 0.250. The van der Waals surface area contributed by atoms with Crippen LogP contribution in [0.3, 0.4) is 0 Å². The van der Waals surface area contributed by atoms with Crippen molar-refractivity contribution in [3.63, 3.8) is 0 Å². The molecule has 21 heavy (non-hydrogen) atoms. The molecular weight excluding hydrogens is 273 g/mol. The van der Waals surface area contributed by atoms with Gasteiger partial charge >= 0.3 is 5.97 Å². The summed E-state index contributed by atoms with van der Waals surface area (Å²) >= 11 is 0. The van der Waals surface area contributed by atoms with Crippen LogP contribution in [0, 0.1) is 12.7 Å². The van der Waals surface area contributed by atoms with Gasteiger partial charge in [0.25, 0.3) is 5.56 Å². The number of rotatable bonds is 4. The third-order valence-electron chi connectivity index (χ3n) is 3.09. The Balaban J connectivity index is 2.37. The number of benzene rings is 1. The first-order valence-corrected chi connectivity index (χ1v) is 6.65. The van der Waals surface area contributed by atoms with Crippen LogP contribution >= 0.6 is 0 Å². The number of hydrogen-bond acceptors (Lipinski definition) is 3. The van der Waals surface area contributed by atoms with Gasteiger partial charge in [-0.05, 0) is 37.6 Å². The van der Waals surface area contributed by atoms with Gasteiger partial charge in [0.2, 0.25) is 0 Å². The van der Waals surface area contributed by atoms with Gasteiger partial charge < -0.3 is 9.72 Å². The lowest BCUT2D eigenvalue weighted by Crippen LogP contribution is -2.19. The largest absolute Gasteiger partial charge is 0.462 e. The molecule has 4 nitrogen and oxygen atoms in total. The lowest BCUT2D eigenvalue weighted by atomic mass is 10.0. The van der Waals surface area contributed by atoms with Crippen molar-refractivity contribution in [1.82, 2.24) is 4.98 Å². The maximum Gasteiger partial charge on any atom is 0.339 e. The average molecular weight is 289 g/mol. The number of carbonyl (C=O) groups is 1. The van der Waals surface area contributed by atoms with Crippen LogP contribution in [0.2, 0.25) is 0 Å². The molecule has 0 saturated carbocycles. The minimum atomic E-state index is -0.480. The molecule has 0 atom stereocenters. The highest BCUT2D eigenvalue weighted by Crippen LogP contribution is 2.12. The van der Waals surface area contributed by atoms with Crippen molar-refractivity contribution >= 4 is 5.97 Å². The molecule has 2 rings (SSSR count). The minimum Gasteiger partial charge on any atom is -0.462 e. The first kappa shape index (κ1) is 15.0. The Hall–Kier alpha value is -2.43. The Morgan fingerprint density at radius 1 is 1.33 bits per heavy atom. The second kappa shape index (κ2) is 6.35. The highest BCUT2D eigenvalue weighted by atomic mass is 19.1. The van der Waals surface area contributed by atoms with Gasteiger partial charge in [-0.3, -0.25) is 4.79 Å². The summed E-state index contributed by atoms with van der Waals surface area (Å²) in [4.78, 5) is 26.4. The molecule has 0 bridgehead atoms. The van der Waals surface area contributed by atoms with Crippen LogP contribution in [-0.2, 0) is 11.2 Å². The van der Waals surface area contributed by atoms with Gasteiger partial charge in [-0.15, -0.1) is 0 Å². The SMILES string of the molecule is CCOC(=O)c1cc(Cc2cccc(F)c2)c(=O)[nH]c1C. The van der Waals surface area contributed by atoms with Crippen LogP contribution in [0.1, 0.15) is 34.1 Å². The summed E-state index contributed by atoms with van der Waals surface area (Å²) in [5.74, 6) is -0.839. The zero-order valence-corrected chi connectivity index (χ0v) is 11.9. The third kappa shape index (κ3) is 3.56. The summed E-state index contributed by atoms with van der Waals surface area (Å²) in [6.45, 7) is 3.61. The number of halogens is 1. The Morgan fingerprint density at radius 3 is 2.76 bits per heavy atom. The Kier molecular flexibility index (Phi) is 4.52. The minimum absolute atomic E-state index is 0.250. The number of aromatic amines is 1. The van der Waals surface area contributed by atoms with E-state index in [0.717, 1.165) is 0 Å². The standard InChI is InChI=1S/C16H16FNO3/c1-3-21-16(20)14-9-12(15(19)18-10(14)2)7-11-5-4-6-13(17)8-11/h4-6,8-9H,3,7H2,1-2H3,(H,18,19). The maximum atomic E-state index is 13.2. The van der Waals surface area contributed by atoms with E-state index in [1.165, 1.54) is 18.2 Å². The normalized spacial score (nSPS) is 10.4. The van der Waals surface area contributed by atoms with Crippen molar-refractivity contribution in [2.24, 2.45) is 0 Å². The topological polar surface area (TPSA) is 59.2 Å². The van der Waals surface area contributed by atoms with E-state index in [-0.39, 0.29) is 24.4 Å². The molecule has 0 fully saturated rings. The fourth-order valence-electron chi connectivity index (χ4n) is 2.08. The monoisotopic (exact) mass is 289 g/mol. The molecule has 1 N–H and O–H groups in total. The number of nitrogens with one attached hydrogen (secondary N) is 1. The Morgan fingerprint density at radius 2 is 2.10 bits per heavy atom. The van der Waals surface area contributed by atoms with Gasteiger partial charge in [-0.25, -0.2) is 9.18 Å². The molecule has 0 unspecified atom stereocenters. The quantitative estimate of drug-likeness (QED) is 0.880.